The van der Waals surface area contributed by atoms with Gasteiger partial charge < -0.3 is 4.90 Å². The third-order valence-corrected chi connectivity index (χ3v) is 5.85. The first-order chi connectivity index (χ1) is 14.8. The molecule has 0 unspecified atom stereocenters. The smallest absolute Gasteiger partial charge is 0.261 e. The van der Waals surface area contributed by atoms with E-state index in [1.807, 2.05) is 54.9 Å². The van der Waals surface area contributed by atoms with E-state index in [1.165, 1.54) is 10.9 Å². The highest BCUT2D eigenvalue weighted by Gasteiger charge is 2.18. The van der Waals surface area contributed by atoms with Crippen molar-refractivity contribution < 1.29 is 4.79 Å². The number of nitrogens with zero attached hydrogens (tertiary/aromatic N) is 5. The Morgan fingerprint density at radius 2 is 1.87 bits per heavy atom. The van der Waals surface area contributed by atoms with Crippen molar-refractivity contribution in [2.75, 3.05) is 7.05 Å². The van der Waals surface area contributed by atoms with Crippen LogP contribution in [0, 0.1) is 13.8 Å². The third-order valence-electron chi connectivity index (χ3n) is 5.35. The van der Waals surface area contributed by atoms with E-state index in [-0.39, 0.29) is 18.0 Å². The van der Waals surface area contributed by atoms with E-state index >= 15 is 0 Å². The molecule has 0 fully saturated rings. The van der Waals surface area contributed by atoms with Gasteiger partial charge in [-0.2, -0.15) is 5.10 Å². The molecule has 2 heterocycles. The second kappa shape index (κ2) is 8.47. The van der Waals surface area contributed by atoms with Crippen LogP contribution in [0.25, 0.3) is 16.6 Å². The molecular weight excluding hydrogens is 458 g/mol. The number of hydrogen-bond acceptors (Lipinski definition) is 4. The van der Waals surface area contributed by atoms with E-state index in [4.69, 9.17) is 0 Å². The van der Waals surface area contributed by atoms with Gasteiger partial charge in [-0.3, -0.25) is 14.2 Å². The minimum absolute atomic E-state index is 0.0737. The van der Waals surface area contributed by atoms with E-state index in [2.05, 4.69) is 26.0 Å². The normalized spacial score (nSPS) is 11.1. The molecule has 1 amide bonds. The summed E-state index contributed by atoms with van der Waals surface area (Å²) in [5.74, 6) is -0.176. The number of aromatic nitrogens is 4. The van der Waals surface area contributed by atoms with Crippen molar-refractivity contribution in [1.29, 1.82) is 0 Å². The Kier molecular flexibility index (Phi) is 5.73. The van der Waals surface area contributed by atoms with Gasteiger partial charge in [0.1, 0.15) is 6.54 Å². The molecule has 8 heteroatoms. The molecule has 0 atom stereocenters. The number of rotatable bonds is 5. The molecule has 0 aliphatic rings. The summed E-state index contributed by atoms with van der Waals surface area (Å²) in [7, 11) is 1.73. The Bertz CT molecular complexity index is 1330. The standard InChI is InChI=1S/C23H22BrN5O2/c1-15-20(16(2)29(26-15)18-7-5-4-6-8-18)12-27(3)22(30)13-28-14-25-21-10-9-17(24)11-19(21)23(28)31/h4-11,14H,12-13H2,1-3H3. The van der Waals surface area contributed by atoms with Crippen LogP contribution in [0.1, 0.15) is 17.0 Å². The molecule has 0 N–H and O–H groups in total. The summed E-state index contributed by atoms with van der Waals surface area (Å²) in [6.07, 6.45) is 1.42. The second-order valence-electron chi connectivity index (χ2n) is 7.49. The topological polar surface area (TPSA) is 73.0 Å². The van der Waals surface area contributed by atoms with Crippen LogP contribution < -0.4 is 5.56 Å². The first-order valence-corrected chi connectivity index (χ1v) is 10.6. The maximum atomic E-state index is 12.9. The Hall–Kier alpha value is -3.26. The molecule has 4 rings (SSSR count). The van der Waals surface area contributed by atoms with Crippen LogP contribution in [-0.2, 0) is 17.9 Å². The fourth-order valence-electron chi connectivity index (χ4n) is 3.56. The summed E-state index contributed by atoms with van der Waals surface area (Å²) < 4.78 is 4.03. The number of benzene rings is 2. The van der Waals surface area contributed by atoms with Crippen LogP contribution in [0.4, 0.5) is 0 Å². The Morgan fingerprint density at radius 3 is 2.61 bits per heavy atom. The summed E-state index contributed by atoms with van der Waals surface area (Å²) in [5, 5.41) is 5.12. The molecule has 31 heavy (non-hydrogen) atoms. The lowest BCUT2D eigenvalue weighted by Crippen LogP contribution is -2.34. The fourth-order valence-corrected chi connectivity index (χ4v) is 3.92. The van der Waals surface area contributed by atoms with Crippen molar-refractivity contribution in [3.05, 3.63) is 86.6 Å². The predicted molar refractivity (Wildman–Crippen MR) is 123 cm³/mol. The van der Waals surface area contributed by atoms with Gasteiger partial charge in [0, 0.05) is 29.3 Å². The van der Waals surface area contributed by atoms with Gasteiger partial charge in [-0.25, -0.2) is 9.67 Å². The molecule has 158 valence electrons. The number of halogens is 1. The van der Waals surface area contributed by atoms with Crippen molar-refractivity contribution in [3.63, 3.8) is 0 Å². The molecule has 0 saturated heterocycles. The summed E-state index contributed by atoms with van der Waals surface area (Å²) in [5.41, 5.74) is 4.19. The average Bonchev–Trinajstić information content (AvgIpc) is 3.05. The minimum Gasteiger partial charge on any atom is -0.340 e. The van der Waals surface area contributed by atoms with E-state index in [1.54, 1.807) is 24.1 Å². The molecule has 0 bridgehead atoms. The molecule has 0 aliphatic carbocycles. The number of carbonyl (C=O) groups is 1. The van der Waals surface area contributed by atoms with E-state index < -0.39 is 0 Å². The minimum atomic E-state index is -0.239. The Balaban J connectivity index is 1.55. The van der Waals surface area contributed by atoms with Crippen LogP contribution >= 0.6 is 15.9 Å². The molecule has 4 aromatic rings. The SMILES string of the molecule is Cc1nn(-c2ccccc2)c(C)c1CN(C)C(=O)Cn1cnc2ccc(Br)cc2c1=O. The van der Waals surface area contributed by atoms with Crippen LogP contribution in [0.5, 0.6) is 0 Å². The maximum Gasteiger partial charge on any atom is 0.261 e. The monoisotopic (exact) mass is 479 g/mol. The van der Waals surface area contributed by atoms with Crippen LogP contribution in [0.3, 0.4) is 0 Å². The molecule has 7 nitrogen and oxygen atoms in total. The van der Waals surface area contributed by atoms with E-state index in [0.29, 0.717) is 17.4 Å². The van der Waals surface area contributed by atoms with E-state index in [9.17, 15) is 9.59 Å². The third kappa shape index (κ3) is 4.16. The molecule has 2 aromatic heterocycles. The van der Waals surface area contributed by atoms with E-state index in [0.717, 1.165) is 27.1 Å². The first-order valence-electron chi connectivity index (χ1n) is 9.84. The maximum absolute atomic E-state index is 12.9. The van der Waals surface area contributed by atoms with Gasteiger partial charge in [0.15, 0.2) is 0 Å². The van der Waals surface area contributed by atoms with Crippen molar-refractivity contribution >= 4 is 32.7 Å². The number of likely N-dealkylation sites (N-methyl/N-ethyl adjacent to an activating group) is 1. The van der Waals surface area contributed by atoms with Crippen LogP contribution in [0.15, 0.2) is 64.1 Å². The fraction of sp³-hybridized carbons (Fsp3) is 0.217. The quantitative estimate of drug-likeness (QED) is 0.438. The Labute approximate surface area is 188 Å². The first kappa shape index (κ1) is 21.0. The molecule has 0 spiro atoms. The molecule has 0 saturated carbocycles. The molecule has 0 aliphatic heterocycles. The van der Waals surface area contributed by atoms with Crippen LogP contribution in [-0.4, -0.2) is 37.2 Å². The average molecular weight is 480 g/mol. The highest BCUT2D eigenvalue weighted by atomic mass is 79.9. The lowest BCUT2D eigenvalue weighted by atomic mass is 10.2. The summed E-state index contributed by atoms with van der Waals surface area (Å²) in [6.45, 7) is 4.27. The highest BCUT2D eigenvalue weighted by Crippen LogP contribution is 2.19. The summed E-state index contributed by atoms with van der Waals surface area (Å²) in [4.78, 5) is 31.6. The Morgan fingerprint density at radius 1 is 1.13 bits per heavy atom. The number of amides is 1. The number of carbonyl (C=O) groups excluding carboxylic acids is 1. The largest absolute Gasteiger partial charge is 0.340 e. The summed E-state index contributed by atoms with van der Waals surface area (Å²) in [6, 6.07) is 15.2. The molecule has 0 radical (unpaired) electrons. The molecular formula is C23H22BrN5O2. The van der Waals surface area contributed by atoms with Gasteiger partial charge in [-0.15, -0.1) is 0 Å². The van der Waals surface area contributed by atoms with Gasteiger partial charge in [0.05, 0.1) is 28.6 Å². The van der Waals surface area contributed by atoms with Crippen molar-refractivity contribution in [2.24, 2.45) is 0 Å². The van der Waals surface area contributed by atoms with Gasteiger partial charge in [-0.05, 0) is 44.2 Å². The van der Waals surface area contributed by atoms with Gasteiger partial charge in [0.25, 0.3) is 5.56 Å². The highest BCUT2D eigenvalue weighted by molar-refractivity contribution is 9.10. The van der Waals surface area contributed by atoms with Gasteiger partial charge in [0.2, 0.25) is 5.91 Å². The number of para-hydroxylation sites is 1. The lowest BCUT2D eigenvalue weighted by molar-refractivity contribution is -0.131. The van der Waals surface area contributed by atoms with Gasteiger partial charge >= 0.3 is 0 Å². The second-order valence-corrected chi connectivity index (χ2v) is 8.40. The number of hydrogen-bond donors (Lipinski definition) is 0. The predicted octanol–water partition coefficient (Wildman–Crippen LogP) is 3.62. The summed E-state index contributed by atoms with van der Waals surface area (Å²) >= 11 is 3.38. The van der Waals surface area contributed by atoms with Crippen molar-refractivity contribution in [1.82, 2.24) is 24.2 Å². The zero-order valence-corrected chi connectivity index (χ0v) is 19.1. The van der Waals surface area contributed by atoms with Gasteiger partial charge in [-0.1, -0.05) is 34.1 Å². The zero-order chi connectivity index (χ0) is 22.1. The van der Waals surface area contributed by atoms with Crippen molar-refractivity contribution in [3.8, 4) is 5.69 Å². The number of fused-ring (bicyclic) bond motifs is 1. The van der Waals surface area contributed by atoms with Crippen molar-refractivity contribution in [2.45, 2.75) is 26.9 Å². The lowest BCUT2D eigenvalue weighted by Gasteiger charge is -2.18. The zero-order valence-electron chi connectivity index (χ0n) is 17.5. The molecule has 2 aromatic carbocycles. The van der Waals surface area contributed by atoms with Crippen LogP contribution in [0.2, 0.25) is 0 Å². The number of aryl methyl sites for hydroxylation is 1.